The summed E-state index contributed by atoms with van der Waals surface area (Å²) < 4.78 is 1.13. The molecule has 0 saturated heterocycles. The number of aryl methyl sites for hydroxylation is 1. The van der Waals surface area contributed by atoms with E-state index < -0.39 is 0 Å². The third-order valence-electron chi connectivity index (χ3n) is 6.61. The lowest BCUT2D eigenvalue weighted by Crippen LogP contribution is -2.53. The van der Waals surface area contributed by atoms with Gasteiger partial charge >= 0.3 is 0 Å². The molecule has 4 aliphatic rings. The average Bonchev–Trinajstić information content (AvgIpc) is 2.57. The van der Waals surface area contributed by atoms with Gasteiger partial charge in [-0.3, -0.25) is 9.59 Å². The second-order valence-corrected chi connectivity index (χ2v) is 9.88. The Balaban J connectivity index is 1.27. The summed E-state index contributed by atoms with van der Waals surface area (Å²) in [4.78, 5) is 25.0. The van der Waals surface area contributed by atoms with Gasteiger partial charge in [0.15, 0.2) is 0 Å². The van der Waals surface area contributed by atoms with Crippen LogP contribution in [0.1, 0.15) is 50.5 Å². The third-order valence-corrected chi connectivity index (χ3v) is 7.78. The first-order valence-electron chi connectivity index (χ1n) is 9.78. The van der Waals surface area contributed by atoms with E-state index in [-0.39, 0.29) is 17.2 Å². The van der Waals surface area contributed by atoms with Crippen LogP contribution in [0.5, 0.6) is 0 Å². The number of carbonyl (C=O) groups excluding carboxylic acids is 2. The minimum absolute atomic E-state index is 0.0459. The zero-order valence-electron chi connectivity index (χ0n) is 15.3. The first-order chi connectivity index (χ1) is 12.4. The fourth-order valence-corrected chi connectivity index (χ4v) is 6.28. The van der Waals surface area contributed by atoms with Crippen LogP contribution in [0.25, 0.3) is 0 Å². The van der Waals surface area contributed by atoms with Gasteiger partial charge in [0.05, 0.1) is 0 Å². The number of nitrogens with one attached hydrogen (secondary N) is 2. The van der Waals surface area contributed by atoms with Crippen molar-refractivity contribution in [3.63, 3.8) is 0 Å². The number of rotatable bonds is 5. The zero-order valence-corrected chi connectivity index (χ0v) is 17.5. The highest BCUT2D eigenvalue weighted by Crippen LogP contribution is 2.60. The molecule has 1 aromatic rings. The molecule has 140 valence electrons. The molecule has 1 aromatic carbocycles. The Morgan fingerprint density at radius 2 is 1.73 bits per heavy atom. The Bertz CT molecular complexity index is 695. The molecule has 0 spiro atoms. The molecular formula is C21H27IN2O2. The van der Waals surface area contributed by atoms with Gasteiger partial charge in [0, 0.05) is 27.6 Å². The molecule has 4 nitrogen and oxygen atoms in total. The van der Waals surface area contributed by atoms with Crippen LogP contribution in [0, 0.1) is 33.7 Å². The van der Waals surface area contributed by atoms with Crippen LogP contribution >= 0.6 is 22.6 Å². The molecule has 4 saturated carbocycles. The van der Waals surface area contributed by atoms with Crippen LogP contribution in [-0.2, 0) is 9.59 Å². The molecule has 0 radical (unpaired) electrons. The number of carbonyl (C=O) groups is 2. The Morgan fingerprint density at radius 3 is 2.31 bits per heavy atom. The number of hydrogen-bond acceptors (Lipinski definition) is 2. The molecule has 0 atom stereocenters. The molecule has 4 bridgehead atoms. The summed E-state index contributed by atoms with van der Waals surface area (Å²) in [5.74, 6) is 2.45. The van der Waals surface area contributed by atoms with Crippen LogP contribution in [0.4, 0.5) is 5.69 Å². The maximum Gasteiger partial charge on any atom is 0.226 e. The van der Waals surface area contributed by atoms with E-state index in [9.17, 15) is 9.59 Å². The second kappa shape index (κ2) is 7.13. The van der Waals surface area contributed by atoms with Crippen molar-refractivity contribution < 1.29 is 9.59 Å². The van der Waals surface area contributed by atoms with Crippen LogP contribution in [0.15, 0.2) is 18.2 Å². The maximum absolute atomic E-state index is 12.9. The molecule has 26 heavy (non-hydrogen) atoms. The van der Waals surface area contributed by atoms with Gasteiger partial charge in [-0.05, 0) is 103 Å². The second-order valence-electron chi connectivity index (χ2n) is 8.72. The SMILES string of the molecule is Cc1ccc(NC(=O)CCNC(=O)C23CC4CC(CC(C4)C2)C3)cc1I. The highest BCUT2D eigenvalue weighted by molar-refractivity contribution is 14.1. The van der Waals surface area contributed by atoms with E-state index in [0.29, 0.717) is 13.0 Å². The maximum atomic E-state index is 12.9. The highest BCUT2D eigenvalue weighted by atomic mass is 127. The first kappa shape index (κ1) is 18.3. The van der Waals surface area contributed by atoms with Crippen molar-refractivity contribution in [2.45, 2.75) is 51.9 Å². The summed E-state index contributed by atoms with van der Waals surface area (Å²) in [6.07, 6.45) is 7.54. The van der Waals surface area contributed by atoms with Gasteiger partial charge in [-0.15, -0.1) is 0 Å². The quantitative estimate of drug-likeness (QED) is 0.638. The van der Waals surface area contributed by atoms with Gasteiger partial charge in [0.1, 0.15) is 0 Å². The first-order valence-corrected chi connectivity index (χ1v) is 10.9. The van der Waals surface area contributed by atoms with E-state index in [2.05, 4.69) is 33.2 Å². The Kier molecular flexibility index (Phi) is 5.01. The van der Waals surface area contributed by atoms with Crippen LogP contribution in [0.3, 0.4) is 0 Å². The van der Waals surface area contributed by atoms with Crippen LogP contribution in [0.2, 0.25) is 0 Å². The van der Waals surface area contributed by atoms with Crippen LogP contribution in [-0.4, -0.2) is 18.4 Å². The summed E-state index contributed by atoms with van der Waals surface area (Å²) >= 11 is 2.27. The number of amides is 2. The smallest absolute Gasteiger partial charge is 0.226 e. The van der Waals surface area contributed by atoms with Crippen molar-refractivity contribution in [2.24, 2.45) is 23.2 Å². The largest absolute Gasteiger partial charge is 0.355 e. The number of hydrogen-bond donors (Lipinski definition) is 2. The van der Waals surface area contributed by atoms with Crippen molar-refractivity contribution in [3.05, 3.63) is 27.3 Å². The lowest BCUT2D eigenvalue weighted by Gasteiger charge is -2.55. The van der Waals surface area contributed by atoms with E-state index >= 15 is 0 Å². The predicted molar refractivity (Wildman–Crippen MR) is 111 cm³/mol. The molecule has 0 aliphatic heterocycles. The van der Waals surface area contributed by atoms with E-state index in [1.165, 1.54) is 24.8 Å². The lowest BCUT2D eigenvalue weighted by molar-refractivity contribution is -0.146. The third kappa shape index (κ3) is 3.64. The van der Waals surface area contributed by atoms with Gasteiger partial charge in [0.25, 0.3) is 0 Å². The van der Waals surface area contributed by atoms with Gasteiger partial charge < -0.3 is 10.6 Å². The normalized spacial score (nSPS) is 31.7. The standard InChI is InChI=1S/C21H27IN2O2/c1-13-2-3-17(9-18(13)22)24-19(25)4-5-23-20(26)21-10-14-6-15(11-21)8-16(7-14)12-21/h2-3,9,14-16H,4-8,10-12H2,1H3,(H,23,26)(H,24,25). The number of halogens is 1. The van der Waals surface area contributed by atoms with E-state index in [4.69, 9.17) is 0 Å². The zero-order chi connectivity index (χ0) is 18.3. The summed E-state index contributed by atoms with van der Waals surface area (Å²) in [6.45, 7) is 2.47. The predicted octanol–water partition coefficient (Wildman–Crippen LogP) is 4.26. The summed E-state index contributed by atoms with van der Waals surface area (Å²) in [6, 6.07) is 5.90. The van der Waals surface area contributed by atoms with Gasteiger partial charge in [-0.25, -0.2) is 0 Å². The monoisotopic (exact) mass is 466 g/mol. The van der Waals surface area contributed by atoms with Gasteiger partial charge in [-0.2, -0.15) is 0 Å². The Labute approximate surface area is 169 Å². The fraction of sp³-hybridized carbons (Fsp3) is 0.619. The van der Waals surface area contributed by atoms with Crippen molar-refractivity contribution in [2.75, 3.05) is 11.9 Å². The molecule has 2 amide bonds. The summed E-state index contributed by atoms with van der Waals surface area (Å²) in [7, 11) is 0. The summed E-state index contributed by atoms with van der Waals surface area (Å²) in [5.41, 5.74) is 1.89. The van der Waals surface area contributed by atoms with Gasteiger partial charge in [0.2, 0.25) is 11.8 Å². The van der Waals surface area contributed by atoms with Crippen molar-refractivity contribution >= 4 is 40.1 Å². The molecule has 4 aliphatic carbocycles. The number of benzene rings is 1. The molecule has 2 N–H and O–H groups in total. The summed E-state index contributed by atoms with van der Waals surface area (Å²) in [5, 5.41) is 6.00. The van der Waals surface area contributed by atoms with Gasteiger partial charge in [-0.1, -0.05) is 6.07 Å². The Morgan fingerprint density at radius 1 is 1.12 bits per heavy atom. The molecular weight excluding hydrogens is 439 g/mol. The van der Waals surface area contributed by atoms with Crippen LogP contribution < -0.4 is 10.6 Å². The van der Waals surface area contributed by atoms with E-state index in [1.54, 1.807) is 0 Å². The lowest BCUT2D eigenvalue weighted by atomic mass is 9.49. The topological polar surface area (TPSA) is 58.2 Å². The fourth-order valence-electron chi connectivity index (χ4n) is 5.76. The average molecular weight is 466 g/mol. The molecule has 0 unspecified atom stereocenters. The van der Waals surface area contributed by atoms with Crippen molar-refractivity contribution in [3.8, 4) is 0 Å². The Hall–Kier alpha value is -1.11. The molecule has 5 heteroatoms. The minimum atomic E-state index is -0.127. The number of anilines is 1. The van der Waals surface area contributed by atoms with E-state index in [0.717, 1.165) is 46.3 Å². The van der Waals surface area contributed by atoms with Crippen molar-refractivity contribution in [1.29, 1.82) is 0 Å². The molecule has 4 fully saturated rings. The van der Waals surface area contributed by atoms with E-state index in [1.807, 2.05) is 25.1 Å². The molecule has 0 heterocycles. The van der Waals surface area contributed by atoms with Crippen molar-refractivity contribution in [1.82, 2.24) is 5.32 Å². The molecule has 0 aromatic heterocycles. The highest BCUT2D eigenvalue weighted by Gasteiger charge is 2.54. The minimum Gasteiger partial charge on any atom is -0.355 e. The molecule has 5 rings (SSSR count).